The molecule has 1 aliphatic carbocycles. The fraction of sp³-hybridized carbons (Fsp3) is 0.419. The monoisotopic (exact) mass is 549 g/mol. The van der Waals surface area contributed by atoms with Crippen molar-refractivity contribution >= 4 is 32.6 Å². The van der Waals surface area contributed by atoms with Gasteiger partial charge < -0.3 is 10.2 Å². The van der Waals surface area contributed by atoms with E-state index in [1.165, 1.54) is 13.5 Å². The first-order valence-corrected chi connectivity index (χ1v) is 15.2. The van der Waals surface area contributed by atoms with E-state index in [0.717, 1.165) is 51.9 Å². The number of likely N-dealkylation sites (N-methyl/N-ethyl adjacent to an activating group) is 1. The number of carbonyl (C=O) groups is 2. The van der Waals surface area contributed by atoms with Gasteiger partial charge in [-0.2, -0.15) is 4.31 Å². The number of carbonyl (C=O) groups excluding carboxylic acids is 2. The lowest BCUT2D eigenvalue weighted by Crippen LogP contribution is -2.53. The zero-order valence-corrected chi connectivity index (χ0v) is 23.9. The summed E-state index contributed by atoms with van der Waals surface area (Å²) in [5.74, 6) is -0.584. The zero-order valence-electron chi connectivity index (χ0n) is 23.1. The average molecular weight is 550 g/mol. The van der Waals surface area contributed by atoms with E-state index in [0.29, 0.717) is 6.42 Å². The summed E-state index contributed by atoms with van der Waals surface area (Å²) in [6.07, 6.45) is 5.68. The number of hydrogen-bond donors (Lipinski definition) is 1. The molecule has 0 heterocycles. The first kappa shape index (κ1) is 28.8. The van der Waals surface area contributed by atoms with Gasteiger partial charge in [-0.3, -0.25) is 9.59 Å². The van der Waals surface area contributed by atoms with E-state index >= 15 is 0 Å². The quantitative estimate of drug-likeness (QED) is 0.385. The summed E-state index contributed by atoms with van der Waals surface area (Å²) < 4.78 is 28.0. The molecule has 0 saturated heterocycles. The Hall–Kier alpha value is -3.23. The van der Waals surface area contributed by atoms with Gasteiger partial charge >= 0.3 is 0 Å². The highest BCUT2D eigenvalue weighted by atomic mass is 32.2. The zero-order chi connectivity index (χ0) is 28.0. The van der Waals surface area contributed by atoms with Gasteiger partial charge in [0.05, 0.1) is 11.4 Å². The molecule has 1 saturated carbocycles. The maximum atomic E-state index is 13.8. The van der Waals surface area contributed by atoms with Crippen molar-refractivity contribution in [1.29, 1.82) is 0 Å². The minimum absolute atomic E-state index is 0.118. The van der Waals surface area contributed by atoms with E-state index in [9.17, 15) is 18.0 Å². The van der Waals surface area contributed by atoms with Crippen LogP contribution in [0.25, 0.3) is 10.8 Å². The van der Waals surface area contributed by atoms with Gasteiger partial charge in [-0.1, -0.05) is 86.3 Å². The normalized spacial score (nSPS) is 15.3. The summed E-state index contributed by atoms with van der Waals surface area (Å²) in [6, 6.07) is 19.7. The highest BCUT2D eigenvalue weighted by molar-refractivity contribution is 7.89. The molecular formula is C31H39N3O4S. The Balaban J connectivity index is 1.57. The van der Waals surface area contributed by atoms with Crippen LogP contribution in [0.15, 0.2) is 71.6 Å². The second-order valence-electron chi connectivity index (χ2n) is 10.5. The summed E-state index contributed by atoms with van der Waals surface area (Å²) in [6.45, 7) is 3.72. The smallest absolute Gasteiger partial charge is 0.243 e. The number of nitrogens with zero attached hydrogens (tertiary/aromatic N) is 2. The van der Waals surface area contributed by atoms with Crippen molar-refractivity contribution in [3.05, 3.63) is 77.9 Å². The molecule has 208 valence electrons. The third-order valence-corrected chi connectivity index (χ3v) is 9.36. The number of rotatable bonds is 10. The number of sulfonamides is 1. The number of aryl methyl sites for hydroxylation is 1. The van der Waals surface area contributed by atoms with Crippen LogP contribution in [0.1, 0.15) is 56.6 Å². The molecule has 1 fully saturated rings. The molecule has 0 bridgehead atoms. The third-order valence-electron chi connectivity index (χ3n) is 7.56. The standard InChI is InChI=1S/C31H39N3O4S/c1-4-29(31(36)32-27-15-6-5-7-16-27)34(21-24-12-10-11-23(2)19-24)30(35)22-33(3)39(37,38)28-18-17-25-13-8-9-14-26(25)20-28/h8-14,17-20,27,29H,4-7,15-16,21-22H2,1-3H3,(H,32,36)/t29-/m0/s1. The van der Waals surface area contributed by atoms with Gasteiger partial charge in [0.25, 0.3) is 0 Å². The average Bonchev–Trinajstić information content (AvgIpc) is 2.93. The lowest BCUT2D eigenvalue weighted by Gasteiger charge is -2.33. The first-order chi connectivity index (χ1) is 18.7. The second-order valence-corrected chi connectivity index (χ2v) is 12.6. The van der Waals surface area contributed by atoms with Crippen LogP contribution in [-0.2, 0) is 26.2 Å². The Kier molecular flexibility index (Phi) is 9.40. The van der Waals surface area contributed by atoms with Crippen LogP contribution >= 0.6 is 0 Å². The molecule has 1 atom stereocenters. The molecule has 0 spiro atoms. The molecule has 3 aromatic carbocycles. The van der Waals surface area contributed by atoms with Crippen molar-refractivity contribution in [2.24, 2.45) is 0 Å². The number of benzene rings is 3. The molecule has 7 nitrogen and oxygen atoms in total. The molecule has 0 radical (unpaired) electrons. The van der Waals surface area contributed by atoms with Crippen LogP contribution in [0.3, 0.4) is 0 Å². The summed E-state index contributed by atoms with van der Waals surface area (Å²) in [5, 5.41) is 4.91. The molecule has 8 heteroatoms. The molecule has 0 aliphatic heterocycles. The minimum atomic E-state index is -3.93. The molecule has 1 aliphatic rings. The van der Waals surface area contributed by atoms with E-state index in [4.69, 9.17) is 0 Å². The highest BCUT2D eigenvalue weighted by Crippen LogP contribution is 2.23. The number of hydrogen-bond acceptors (Lipinski definition) is 4. The molecule has 4 rings (SSSR count). The van der Waals surface area contributed by atoms with E-state index in [1.807, 2.05) is 62.4 Å². The van der Waals surface area contributed by atoms with Gasteiger partial charge in [0, 0.05) is 19.6 Å². The second kappa shape index (κ2) is 12.7. The van der Waals surface area contributed by atoms with Crippen LogP contribution in [0.4, 0.5) is 0 Å². The predicted molar refractivity (Wildman–Crippen MR) is 155 cm³/mol. The highest BCUT2D eigenvalue weighted by Gasteiger charge is 2.33. The van der Waals surface area contributed by atoms with E-state index < -0.39 is 22.0 Å². The topological polar surface area (TPSA) is 86.8 Å². The van der Waals surface area contributed by atoms with Crippen LogP contribution in [0.2, 0.25) is 0 Å². The minimum Gasteiger partial charge on any atom is -0.352 e. The maximum absolute atomic E-state index is 13.8. The van der Waals surface area contributed by atoms with Crippen LogP contribution < -0.4 is 5.32 Å². The largest absolute Gasteiger partial charge is 0.352 e. The molecule has 0 aromatic heterocycles. The third kappa shape index (κ3) is 7.05. The maximum Gasteiger partial charge on any atom is 0.243 e. The predicted octanol–water partition coefficient (Wildman–Crippen LogP) is 5.03. The van der Waals surface area contributed by atoms with Crippen molar-refractivity contribution in [2.75, 3.05) is 13.6 Å². The summed E-state index contributed by atoms with van der Waals surface area (Å²) in [5.41, 5.74) is 1.95. The van der Waals surface area contributed by atoms with Crippen LogP contribution in [0.5, 0.6) is 0 Å². The van der Waals surface area contributed by atoms with Gasteiger partial charge in [0.15, 0.2) is 0 Å². The van der Waals surface area contributed by atoms with Gasteiger partial charge in [0.1, 0.15) is 6.04 Å². The van der Waals surface area contributed by atoms with E-state index in [2.05, 4.69) is 5.32 Å². The molecule has 1 N–H and O–H groups in total. The summed E-state index contributed by atoms with van der Waals surface area (Å²) in [4.78, 5) is 28.9. The molecular weight excluding hydrogens is 510 g/mol. The van der Waals surface area contributed by atoms with Gasteiger partial charge in [-0.05, 0) is 54.7 Å². The van der Waals surface area contributed by atoms with Crippen molar-refractivity contribution in [2.45, 2.75) is 75.9 Å². The van der Waals surface area contributed by atoms with E-state index in [1.54, 1.807) is 23.1 Å². The van der Waals surface area contributed by atoms with Crippen LogP contribution in [-0.4, -0.2) is 55.1 Å². The van der Waals surface area contributed by atoms with Gasteiger partial charge in [0.2, 0.25) is 21.8 Å². The molecule has 3 aromatic rings. The first-order valence-electron chi connectivity index (χ1n) is 13.8. The Morgan fingerprint density at radius 3 is 2.36 bits per heavy atom. The number of amides is 2. The Bertz CT molecular complexity index is 1420. The fourth-order valence-corrected chi connectivity index (χ4v) is 6.50. The van der Waals surface area contributed by atoms with Crippen molar-refractivity contribution in [3.63, 3.8) is 0 Å². The number of nitrogens with one attached hydrogen (secondary N) is 1. The van der Waals surface area contributed by atoms with E-state index in [-0.39, 0.29) is 29.9 Å². The molecule has 2 amide bonds. The SMILES string of the molecule is CC[C@@H](C(=O)NC1CCCCC1)N(Cc1cccc(C)c1)C(=O)CN(C)S(=O)(=O)c1ccc2ccccc2c1. The summed E-state index contributed by atoms with van der Waals surface area (Å²) in [7, 11) is -2.52. The molecule has 39 heavy (non-hydrogen) atoms. The Morgan fingerprint density at radius 1 is 0.949 bits per heavy atom. The Morgan fingerprint density at radius 2 is 1.67 bits per heavy atom. The van der Waals surface area contributed by atoms with Crippen molar-refractivity contribution in [1.82, 2.24) is 14.5 Å². The lowest BCUT2D eigenvalue weighted by molar-refractivity contribution is -0.141. The van der Waals surface area contributed by atoms with Gasteiger partial charge in [-0.15, -0.1) is 0 Å². The number of fused-ring (bicyclic) bond motifs is 1. The Labute approximate surface area is 232 Å². The van der Waals surface area contributed by atoms with Crippen LogP contribution in [0, 0.1) is 6.92 Å². The van der Waals surface area contributed by atoms with Crippen molar-refractivity contribution in [3.8, 4) is 0 Å². The molecule has 0 unspecified atom stereocenters. The summed E-state index contributed by atoms with van der Waals surface area (Å²) >= 11 is 0. The van der Waals surface area contributed by atoms with Gasteiger partial charge in [-0.25, -0.2) is 8.42 Å². The fourth-order valence-electron chi connectivity index (χ4n) is 5.35. The van der Waals surface area contributed by atoms with Crippen molar-refractivity contribution < 1.29 is 18.0 Å². The lowest BCUT2D eigenvalue weighted by atomic mass is 9.95.